The van der Waals surface area contributed by atoms with Gasteiger partial charge in [0.2, 0.25) is 0 Å². The molecular formula is C18H22O2. The molecule has 0 atom stereocenters. The second-order valence-corrected chi connectivity index (χ2v) is 6.28. The van der Waals surface area contributed by atoms with E-state index in [2.05, 4.69) is 0 Å². The molecule has 0 fully saturated rings. The van der Waals surface area contributed by atoms with Crippen LogP contribution in [-0.4, -0.2) is 10.2 Å². The molecule has 0 heterocycles. The summed E-state index contributed by atoms with van der Waals surface area (Å²) in [6, 6.07) is 15.8. The Balaban J connectivity index is 2.64. The van der Waals surface area contributed by atoms with Gasteiger partial charge in [0.25, 0.3) is 0 Å². The van der Waals surface area contributed by atoms with E-state index in [9.17, 15) is 10.2 Å². The fraction of sp³-hybridized carbons (Fsp3) is 0.333. The lowest BCUT2D eigenvalue weighted by molar-refractivity contribution is 0.0719. The average molecular weight is 270 g/mol. The standard InChI is InChI=1S/C18H22O2/c1-17(2,19)15-10-14(13-8-6-5-7-9-13)11-16(12-15)18(3,4)20/h5-12,19-20H,1-4H3. The van der Waals surface area contributed by atoms with Gasteiger partial charge in [-0.15, -0.1) is 0 Å². The minimum Gasteiger partial charge on any atom is -0.386 e. The van der Waals surface area contributed by atoms with Crippen molar-refractivity contribution in [1.82, 2.24) is 0 Å². The van der Waals surface area contributed by atoms with Crippen LogP contribution in [0.15, 0.2) is 48.5 Å². The zero-order valence-electron chi connectivity index (χ0n) is 12.5. The van der Waals surface area contributed by atoms with Gasteiger partial charge in [-0.2, -0.15) is 0 Å². The minimum absolute atomic E-state index is 0.802. The van der Waals surface area contributed by atoms with Gasteiger partial charge in [0.15, 0.2) is 0 Å². The summed E-state index contributed by atoms with van der Waals surface area (Å²) in [5, 5.41) is 20.5. The molecule has 2 aromatic carbocycles. The molecule has 0 saturated heterocycles. The van der Waals surface area contributed by atoms with Crippen molar-refractivity contribution >= 4 is 0 Å². The van der Waals surface area contributed by atoms with Crippen molar-refractivity contribution in [3.05, 3.63) is 59.7 Å². The van der Waals surface area contributed by atoms with E-state index in [1.807, 2.05) is 48.5 Å². The molecular weight excluding hydrogens is 248 g/mol. The maximum atomic E-state index is 10.3. The van der Waals surface area contributed by atoms with Crippen LogP contribution in [0, 0.1) is 0 Å². The normalized spacial score (nSPS) is 12.5. The van der Waals surface area contributed by atoms with E-state index in [-0.39, 0.29) is 0 Å². The molecule has 0 amide bonds. The molecule has 0 aromatic heterocycles. The first-order valence-corrected chi connectivity index (χ1v) is 6.84. The number of rotatable bonds is 3. The average Bonchev–Trinajstić information content (AvgIpc) is 2.37. The van der Waals surface area contributed by atoms with Gasteiger partial charge in [0, 0.05) is 0 Å². The first-order valence-electron chi connectivity index (χ1n) is 6.84. The molecule has 0 bridgehead atoms. The largest absolute Gasteiger partial charge is 0.386 e. The molecule has 2 nitrogen and oxygen atoms in total. The molecule has 106 valence electrons. The Kier molecular flexibility index (Phi) is 3.72. The van der Waals surface area contributed by atoms with Crippen LogP contribution in [0.4, 0.5) is 0 Å². The summed E-state index contributed by atoms with van der Waals surface area (Å²) in [6.07, 6.45) is 0. The molecule has 2 heteroatoms. The Morgan fingerprint density at radius 2 is 1.10 bits per heavy atom. The maximum Gasteiger partial charge on any atom is 0.0840 e. The lowest BCUT2D eigenvalue weighted by Crippen LogP contribution is -2.20. The highest BCUT2D eigenvalue weighted by molar-refractivity contribution is 5.65. The van der Waals surface area contributed by atoms with Crippen molar-refractivity contribution < 1.29 is 10.2 Å². The number of aliphatic hydroxyl groups is 2. The Bertz CT molecular complexity index is 555. The first-order chi connectivity index (χ1) is 9.18. The van der Waals surface area contributed by atoms with Crippen LogP contribution in [0.1, 0.15) is 38.8 Å². The molecule has 0 spiro atoms. The first kappa shape index (κ1) is 14.8. The van der Waals surface area contributed by atoms with Gasteiger partial charge in [-0.1, -0.05) is 36.4 Å². The topological polar surface area (TPSA) is 40.5 Å². The Hall–Kier alpha value is -1.64. The van der Waals surface area contributed by atoms with Gasteiger partial charge >= 0.3 is 0 Å². The van der Waals surface area contributed by atoms with Crippen molar-refractivity contribution in [3.63, 3.8) is 0 Å². The summed E-state index contributed by atoms with van der Waals surface area (Å²) in [5.41, 5.74) is 1.80. The zero-order valence-corrected chi connectivity index (χ0v) is 12.5. The maximum absolute atomic E-state index is 10.3. The molecule has 0 aliphatic heterocycles. The summed E-state index contributed by atoms with van der Waals surface area (Å²) in [6.45, 7) is 7.02. The molecule has 0 saturated carbocycles. The third kappa shape index (κ3) is 3.27. The van der Waals surface area contributed by atoms with Gasteiger partial charge in [-0.05, 0) is 62.1 Å². The van der Waals surface area contributed by atoms with Crippen molar-refractivity contribution in [2.75, 3.05) is 0 Å². The molecule has 2 aromatic rings. The van der Waals surface area contributed by atoms with Crippen molar-refractivity contribution in [2.45, 2.75) is 38.9 Å². The van der Waals surface area contributed by atoms with E-state index in [0.717, 1.165) is 22.3 Å². The SMILES string of the molecule is CC(C)(O)c1cc(-c2ccccc2)cc(C(C)(C)O)c1. The highest BCUT2D eigenvalue weighted by atomic mass is 16.3. The van der Waals surface area contributed by atoms with Crippen LogP contribution < -0.4 is 0 Å². The van der Waals surface area contributed by atoms with Crippen LogP contribution >= 0.6 is 0 Å². The van der Waals surface area contributed by atoms with Gasteiger partial charge in [0.05, 0.1) is 11.2 Å². The lowest BCUT2D eigenvalue weighted by Gasteiger charge is -2.24. The van der Waals surface area contributed by atoms with Crippen molar-refractivity contribution in [3.8, 4) is 11.1 Å². The molecule has 0 aliphatic rings. The second-order valence-electron chi connectivity index (χ2n) is 6.28. The second kappa shape index (κ2) is 5.04. The monoisotopic (exact) mass is 270 g/mol. The lowest BCUT2D eigenvalue weighted by atomic mass is 9.87. The Morgan fingerprint density at radius 1 is 0.650 bits per heavy atom. The Morgan fingerprint density at radius 3 is 1.50 bits per heavy atom. The van der Waals surface area contributed by atoms with Gasteiger partial charge in [-0.3, -0.25) is 0 Å². The highest BCUT2D eigenvalue weighted by Gasteiger charge is 2.23. The smallest absolute Gasteiger partial charge is 0.0840 e. The van der Waals surface area contributed by atoms with Crippen LogP contribution in [0.5, 0.6) is 0 Å². The van der Waals surface area contributed by atoms with E-state index in [0.29, 0.717) is 0 Å². The van der Waals surface area contributed by atoms with Gasteiger partial charge in [0.1, 0.15) is 0 Å². The third-order valence-electron chi connectivity index (χ3n) is 3.45. The summed E-state index contributed by atoms with van der Waals surface area (Å²) in [4.78, 5) is 0. The minimum atomic E-state index is -0.940. The summed E-state index contributed by atoms with van der Waals surface area (Å²) in [7, 11) is 0. The molecule has 0 unspecified atom stereocenters. The van der Waals surface area contributed by atoms with Crippen LogP contribution in [0.2, 0.25) is 0 Å². The fourth-order valence-electron chi connectivity index (χ4n) is 2.13. The summed E-state index contributed by atoms with van der Waals surface area (Å²) >= 11 is 0. The predicted molar refractivity (Wildman–Crippen MR) is 82.4 cm³/mol. The van der Waals surface area contributed by atoms with Crippen molar-refractivity contribution in [1.29, 1.82) is 0 Å². The Labute approximate surface area is 120 Å². The predicted octanol–water partition coefficient (Wildman–Crippen LogP) is 3.81. The molecule has 20 heavy (non-hydrogen) atoms. The summed E-state index contributed by atoms with van der Waals surface area (Å²) in [5.74, 6) is 0. The van der Waals surface area contributed by atoms with Crippen LogP contribution in [0.25, 0.3) is 11.1 Å². The molecule has 0 aliphatic carbocycles. The third-order valence-corrected chi connectivity index (χ3v) is 3.45. The fourth-order valence-corrected chi connectivity index (χ4v) is 2.13. The zero-order chi connectivity index (χ0) is 15.0. The van der Waals surface area contributed by atoms with Crippen LogP contribution in [0.3, 0.4) is 0 Å². The number of benzene rings is 2. The van der Waals surface area contributed by atoms with E-state index in [1.54, 1.807) is 27.7 Å². The van der Waals surface area contributed by atoms with E-state index in [4.69, 9.17) is 0 Å². The van der Waals surface area contributed by atoms with E-state index in [1.165, 1.54) is 0 Å². The van der Waals surface area contributed by atoms with Gasteiger partial charge < -0.3 is 10.2 Å². The highest BCUT2D eigenvalue weighted by Crippen LogP contribution is 2.32. The number of hydrogen-bond donors (Lipinski definition) is 2. The van der Waals surface area contributed by atoms with Crippen molar-refractivity contribution in [2.24, 2.45) is 0 Å². The molecule has 2 rings (SSSR count). The van der Waals surface area contributed by atoms with E-state index < -0.39 is 11.2 Å². The quantitative estimate of drug-likeness (QED) is 0.890. The number of hydrogen-bond acceptors (Lipinski definition) is 2. The molecule has 2 N–H and O–H groups in total. The van der Waals surface area contributed by atoms with E-state index >= 15 is 0 Å². The molecule has 0 radical (unpaired) electrons. The summed E-state index contributed by atoms with van der Waals surface area (Å²) < 4.78 is 0. The van der Waals surface area contributed by atoms with Gasteiger partial charge in [-0.25, -0.2) is 0 Å². The van der Waals surface area contributed by atoms with Crippen LogP contribution in [-0.2, 0) is 11.2 Å².